The van der Waals surface area contributed by atoms with Gasteiger partial charge in [0.05, 0.1) is 12.2 Å². The molecule has 4 heteroatoms. The number of nitrogens with two attached hydrogens (primary N) is 1. The molecule has 1 aliphatic heterocycles. The van der Waals surface area contributed by atoms with E-state index in [0.29, 0.717) is 13.1 Å². The number of hydrogen-bond acceptors (Lipinski definition) is 3. The molecule has 1 amide bonds. The van der Waals surface area contributed by atoms with Crippen LogP contribution in [0.4, 0.5) is 10.5 Å². The number of nitrogens with zero attached hydrogens (tertiary/aromatic N) is 1. The van der Waals surface area contributed by atoms with Gasteiger partial charge in [-0.3, -0.25) is 4.90 Å². The highest BCUT2D eigenvalue weighted by Gasteiger charge is 2.47. The molecule has 96 valence electrons. The van der Waals surface area contributed by atoms with Gasteiger partial charge in [-0.05, 0) is 37.3 Å². The van der Waals surface area contributed by atoms with E-state index in [1.54, 1.807) is 4.90 Å². The molecule has 1 spiro atoms. The molecular weight excluding hydrogens is 228 g/mol. The molecular formula is C14H18N2O2. The average Bonchev–Trinajstić information content (AvgIpc) is 2.97. The van der Waals surface area contributed by atoms with Gasteiger partial charge in [0.15, 0.2) is 0 Å². The molecule has 4 nitrogen and oxygen atoms in total. The number of hydrogen-bond donors (Lipinski definition) is 1. The van der Waals surface area contributed by atoms with Crippen molar-refractivity contribution in [2.45, 2.75) is 37.8 Å². The van der Waals surface area contributed by atoms with E-state index >= 15 is 0 Å². The topological polar surface area (TPSA) is 55.6 Å². The van der Waals surface area contributed by atoms with E-state index in [4.69, 9.17) is 10.5 Å². The zero-order valence-electron chi connectivity index (χ0n) is 10.4. The predicted molar refractivity (Wildman–Crippen MR) is 69.4 cm³/mol. The first kappa shape index (κ1) is 11.5. The Kier molecular flexibility index (Phi) is 2.74. The summed E-state index contributed by atoms with van der Waals surface area (Å²) in [7, 11) is 0. The van der Waals surface area contributed by atoms with Crippen molar-refractivity contribution < 1.29 is 9.53 Å². The highest BCUT2D eigenvalue weighted by molar-refractivity contribution is 5.91. The lowest BCUT2D eigenvalue weighted by Crippen LogP contribution is -2.32. The molecule has 0 aromatic heterocycles. The SMILES string of the molecule is NCc1ccccc1N1CC2(CCCC2)OC1=O. The third-order valence-electron chi connectivity index (χ3n) is 3.99. The number of anilines is 1. The number of amides is 1. The summed E-state index contributed by atoms with van der Waals surface area (Å²) in [6.07, 6.45) is 4.05. The molecule has 1 heterocycles. The van der Waals surface area contributed by atoms with Crippen LogP contribution >= 0.6 is 0 Å². The second-order valence-electron chi connectivity index (χ2n) is 5.18. The fourth-order valence-corrected chi connectivity index (χ4v) is 3.04. The van der Waals surface area contributed by atoms with Crippen LogP contribution < -0.4 is 10.6 Å². The molecule has 1 saturated heterocycles. The van der Waals surface area contributed by atoms with Gasteiger partial charge in [0, 0.05) is 6.54 Å². The van der Waals surface area contributed by atoms with Crippen LogP contribution in [0.5, 0.6) is 0 Å². The first-order valence-electron chi connectivity index (χ1n) is 6.53. The van der Waals surface area contributed by atoms with Gasteiger partial charge in [0.25, 0.3) is 0 Å². The summed E-state index contributed by atoms with van der Waals surface area (Å²) in [5, 5.41) is 0. The maximum absolute atomic E-state index is 12.1. The van der Waals surface area contributed by atoms with Gasteiger partial charge >= 0.3 is 6.09 Å². The number of carbonyl (C=O) groups is 1. The van der Waals surface area contributed by atoms with Gasteiger partial charge in [-0.2, -0.15) is 0 Å². The van der Waals surface area contributed by atoms with Crippen molar-refractivity contribution >= 4 is 11.8 Å². The maximum Gasteiger partial charge on any atom is 0.415 e. The van der Waals surface area contributed by atoms with Crippen molar-refractivity contribution in [3.8, 4) is 0 Å². The maximum atomic E-state index is 12.1. The Morgan fingerprint density at radius 1 is 1.28 bits per heavy atom. The van der Waals surface area contributed by atoms with Crippen LogP contribution in [0.3, 0.4) is 0 Å². The molecule has 1 aromatic carbocycles. The van der Waals surface area contributed by atoms with E-state index < -0.39 is 0 Å². The van der Waals surface area contributed by atoms with Crippen molar-refractivity contribution in [1.29, 1.82) is 0 Å². The lowest BCUT2D eigenvalue weighted by Gasteiger charge is -2.21. The number of rotatable bonds is 2. The minimum atomic E-state index is -0.237. The van der Waals surface area contributed by atoms with E-state index in [1.807, 2.05) is 24.3 Å². The van der Waals surface area contributed by atoms with Crippen molar-refractivity contribution in [2.24, 2.45) is 5.73 Å². The summed E-state index contributed by atoms with van der Waals surface area (Å²) >= 11 is 0. The fourth-order valence-electron chi connectivity index (χ4n) is 3.04. The van der Waals surface area contributed by atoms with E-state index in [9.17, 15) is 4.79 Å². The molecule has 3 rings (SSSR count). The van der Waals surface area contributed by atoms with Gasteiger partial charge < -0.3 is 10.5 Å². The highest BCUT2D eigenvalue weighted by atomic mass is 16.6. The molecule has 0 unspecified atom stereocenters. The Bertz CT molecular complexity index is 467. The van der Waals surface area contributed by atoms with Crippen LogP contribution in [0.2, 0.25) is 0 Å². The predicted octanol–water partition coefficient (Wildman–Crippen LogP) is 2.41. The van der Waals surface area contributed by atoms with Crippen molar-refractivity contribution in [3.63, 3.8) is 0 Å². The summed E-state index contributed by atoms with van der Waals surface area (Å²) < 4.78 is 5.62. The summed E-state index contributed by atoms with van der Waals surface area (Å²) in [5.41, 5.74) is 7.38. The summed E-state index contributed by atoms with van der Waals surface area (Å²) in [4.78, 5) is 13.8. The molecule has 0 atom stereocenters. The molecule has 0 bridgehead atoms. The third-order valence-corrected chi connectivity index (χ3v) is 3.99. The smallest absolute Gasteiger partial charge is 0.415 e. The van der Waals surface area contributed by atoms with E-state index in [0.717, 1.165) is 36.9 Å². The second-order valence-corrected chi connectivity index (χ2v) is 5.18. The van der Waals surface area contributed by atoms with Gasteiger partial charge in [-0.1, -0.05) is 18.2 Å². The molecule has 18 heavy (non-hydrogen) atoms. The van der Waals surface area contributed by atoms with Gasteiger partial charge in [0.2, 0.25) is 0 Å². The van der Waals surface area contributed by atoms with Crippen LogP contribution in [0, 0.1) is 0 Å². The second kappa shape index (κ2) is 4.28. The Labute approximate surface area is 107 Å². The molecule has 2 fully saturated rings. The number of ether oxygens (including phenoxy) is 1. The van der Waals surface area contributed by atoms with Crippen LogP contribution in [0.15, 0.2) is 24.3 Å². The molecule has 1 aliphatic carbocycles. The quantitative estimate of drug-likeness (QED) is 0.871. The van der Waals surface area contributed by atoms with Gasteiger partial charge in [0.1, 0.15) is 5.60 Å². The minimum absolute atomic E-state index is 0.224. The van der Waals surface area contributed by atoms with Crippen molar-refractivity contribution in [3.05, 3.63) is 29.8 Å². The molecule has 1 aromatic rings. The summed E-state index contributed by atoms with van der Waals surface area (Å²) in [6, 6.07) is 7.78. The first-order chi connectivity index (χ1) is 8.74. The standard InChI is InChI=1S/C14H18N2O2/c15-9-11-5-1-2-6-12(11)16-10-14(18-13(16)17)7-3-4-8-14/h1-2,5-6H,3-4,7-10,15H2. The minimum Gasteiger partial charge on any atom is -0.441 e. The average molecular weight is 246 g/mol. The molecule has 2 aliphatic rings. The number of para-hydroxylation sites is 1. The van der Waals surface area contributed by atoms with E-state index in [1.165, 1.54) is 0 Å². The van der Waals surface area contributed by atoms with Crippen molar-refractivity contribution in [1.82, 2.24) is 0 Å². The summed E-state index contributed by atoms with van der Waals surface area (Å²) in [6.45, 7) is 1.11. The lowest BCUT2D eigenvalue weighted by molar-refractivity contribution is 0.0629. The van der Waals surface area contributed by atoms with E-state index in [-0.39, 0.29) is 11.7 Å². The molecule has 2 N–H and O–H groups in total. The highest BCUT2D eigenvalue weighted by Crippen LogP contribution is 2.40. The van der Waals surface area contributed by atoms with Crippen LogP contribution in [0.25, 0.3) is 0 Å². The number of benzene rings is 1. The van der Waals surface area contributed by atoms with Crippen LogP contribution in [-0.4, -0.2) is 18.2 Å². The van der Waals surface area contributed by atoms with Crippen molar-refractivity contribution in [2.75, 3.05) is 11.4 Å². The third kappa shape index (κ3) is 1.77. The lowest BCUT2D eigenvalue weighted by atomic mass is 10.0. The monoisotopic (exact) mass is 246 g/mol. The fraction of sp³-hybridized carbons (Fsp3) is 0.500. The Morgan fingerprint density at radius 3 is 2.72 bits per heavy atom. The van der Waals surface area contributed by atoms with Gasteiger partial charge in [-0.15, -0.1) is 0 Å². The van der Waals surface area contributed by atoms with E-state index in [2.05, 4.69) is 0 Å². The first-order valence-corrected chi connectivity index (χ1v) is 6.53. The Balaban J connectivity index is 1.91. The zero-order chi connectivity index (χ0) is 12.6. The Hall–Kier alpha value is -1.55. The molecule has 0 radical (unpaired) electrons. The van der Waals surface area contributed by atoms with Crippen LogP contribution in [-0.2, 0) is 11.3 Å². The zero-order valence-corrected chi connectivity index (χ0v) is 10.4. The normalized spacial score (nSPS) is 21.6. The number of carbonyl (C=O) groups excluding carboxylic acids is 1. The Morgan fingerprint density at radius 2 is 2.00 bits per heavy atom. The largest absolute Gasteiger partial charge is 0.441 e. The molecule has 1 saturated carbocycles. The summed E-state index contributed by atoms with van der Waals surface area (Å²) in [5.74, 6) is 0. The van der Waals surface area contributed by atoms with Crippen LogP contribution in [0.1, 0.15) is 31.2 Å². The van der Waals surface area contributed by atoms with Gasteiger partial charge in [-0.25, -0.2) is 4.79 Å².